The molecule has 0 aromatic heterocycles. The number of likely N-dealkylation sites (N-methyl/N-ethyl adjacent to an activating group) is 1. The van der Waals surface area contributed by atoms with Crippen LogP contribution in [0.25, 0.3) is 0 Å². The van der Waals surface area contributed by atoms with Crippen LogP contribution in [0.5, 0.6) is 11.5 Å². The van der Waals surface area contributed by atoms with Crippen molar-refractivity contribution < 1.29 is 14.3 Å². The molecule has 1 heterocycles. The molecule has 0 radical (unpaired) electrons. The van der Waals surface area contributed by atoms with Crippen LogP contribution in [0.1, 0.15) is 17.3 Å². The van der Waals surface area contributed by atoms with Crippen molar-refractivity contribution in [2.24, 2.45) is 0 Å². The lowest BCUT2D eigenvalue weighted by molar-refractivity contribution is 0.102. The van der Waals surface area contributed by atoms with Crippen molar-refractivity contribution in [3.63, 3.8) is 0 Å². The van der Waals surface area contributed by atoms with Gasteiger partial charge in [0.05, 0.1) is 30.6 Å². The maximum atomic E-state index is 12.9. The number of anilines is 2. The average molecular weight is 404 g/mol. The van der Waals surface area contributed by atoms with E-state index in [4.69, 9.17) is 21.1 Å². The number of rotatable bonds is 6. The predicted octanol–water partition coefficient (Wildman–Crippen LogP) is 3.75. The molecule has 1 aliphatic rings. The Kier molecular flexibility index (Phi) is 6.65. The highest BCUT2D eigenvalue weighted by molar-refractivity contribution is 6.34. The first-order chi connectivity index (χ1) is 13.5. The Morgan fingerprint density at radius 1 is 1.07 bits per heavy atom. The summed E-state index contributed by atoms with van der Waals surface area (Å²) >= 11 is 6.51. The van der Waals surface area contributed by atoms with Crippen molar-refractivity contribution in [2.45, 2.75) is 6.92 Å². The van der Waals surface area contributed by atoms with Gasteiger partial charge in [0.25, 0.3) is 5.91 Å². The summed E-state index contributed by atoms with van der Waals surface area (Å²) < 4.78 is 10.5. The zero-order valence-corrected chi connectivity index (χ0v) is 17.3. The summed E-state index contributed by atoms with van der Waals surface area (Å²) in [4.78, 5) is 17.5. The summed E-state index contributed by atoms with van der Waals surface area (Å²) in [7, 11) is 3.11. The Bertz CT molecular complexity index is 813. The van der Waals surface area contributed by atoms with Crippen molar-refractivity contribution in [2.75, 3.05) is 57.2 Å². The van der Waals surface area contributed by atoms with Crippen LogP contribution < -0.4 is 19.7 Å². The SMILES string of the molecule is CCN1CCN(c2c(Cl)cccc2NC(=O)c2cc(OC)cc(OC)c2)CC1. The molecule has 0 atom stereocenters. The maximum Gasteiger partial charge on any atom is 0.255 e. The first-order valence-electron chi connectivity index (χ1n) is 9.36. The summed E-state index contributed by atoms with van der Waals surface area (Å²) in [5.74, 6) is 0.880. The molecular formula is C21H26ClN3O3. The van der Waals surface area contributed by atoms with Crippen LogP contribution in [-0.4, -0.2) is 57.8 Å². The number of piperazine rings is 1. The Labute approximate surface area is 171 Å². The van der Waals surface area contributed by atoms with Crippen LogP contribution in [-0.2, 0) is 0 Å². The Balaban J connectivity index is 1.85. The van der Waals surface area contributed by atoms with E-state index < -0.39 is 0 Å². The molecule has 6 nitrogen and oxygen atoms in total. The number of carbonyl (C=O) groups excluding carboxylic acids is 1. The summed E-state index contributed by atoms with van der Waals surface area (Å²) in [6.07, 6.45) is 0. The number of para-hydroxylation sites is 1. The monoisotopic (exact) mass is 403 g/mol. The average Bonchev–Trinajstić information content (AvgIpc) is 2.73. The summed E-state index contributed by atoms with van der Waals surface area (Å²) in [6.45, 7) is 6.89. The van der Waals surface area contributed by atoms with Crippen molar-refractivity contribution >= 4 is 28.9 Å². The molecule has 0 unspecified atom stereocenters. The van der Waals surface area contributed by atoms with Crippen LogP contribution in [0.15, 0.2) is 36.4 Å². The van der Waals surface area contributed by atoms with Gasteiger partial charge in [0, 0.05) is 37.8 Å². The third kappa shape index (κ3) is 4.51. The van der Waals surface area contributed by atoms with E-state index in [9.17, 15) is 4.79 Å². The van der Waals surface area contributed by atoms with E-state index in [-0.39, 0.29) is 5.91 Å². The van der Waals surface area contributed by atoms with E-state index >= 15 is 0 Å². The second kappa shape index (κ2) is 9.17. The van der Waals surface area contributed by atoms with Crippen molar-refractivity contribution in [1.82, 2.24) is 4.90 Å². The molecule has 28 heavy (non-hydrogen) atoms. The molecule has 150 valence electrons. The van der Waals surface area contributed by atoms with Gasteiger partial charge in [-0.3, -0.25) is 4.79 Å². The molecule has 7 heteroatoms. The maximum absolute atomic E-state index is 12.9. The molecule has 0 bridgehead atoms. The number of halogens is 1. The van der Waals surface area contributed by atoms with Crippen LogP contribution in [0.2, 0.25) is 5.02 Å². The molecule has 1 saturated heterocycles. The standard InChI is InChI=1S/C21H26ClN3O3/c1-4-24-8-10-25(11-9-24)20-18(22)6-5-7-19(20)23-21(26)15-12-16(27-2)14-17(13-15)28-3/h5-7,12-14H,4,8-11H2,1-3H3,(H,23,26). The van der Waals surface area contributed by atoms with E-state index in [1.54, 1.807) is 32.4 Å². The van der Waals surface area contributed by atoms with Crippen molar-refractivity contribution in [1.29, 1.82) is 0 Å². The number of benzene rings is 2. The molecule has 3 rings (SSSR count). The molecule has 1 aliphatic heterocycles. The number of hydrogen-bond donors (Lipinski definition) is 1. The zero-order chi connectivity index (χ0) is 20.1. The summed E-state index contributed by atoms with van der Waals surface area (Å²) in [6, 6.07) is 10.7. The fraction of sp³-hybridized carbons (Fsp3) is 0.381. The number of amides is 1. The summed E-state index contributed by atoms with van der Waals surface area (Å²) in [5.41, 5.74) is 2.02. The third-order valence-corrected chi connectivity index (χ3v) is 5.29. The molecule has 1 N–H and O–H groups in total. The molecule has 0 spiro atoms. The Morgan fingerprint density at radius 3 is 2.29 bits per heavy atom. The first-order valence-corrected chi connectivity index (χ1v) is 9.73. The van der Waals surface area contributed by atoms with Gasteiger partial charge >= 0.3 is 0 Å². The minimum Gasteiger partial charge on any atom is -0.497 e. The first kappa shape index (κ1) is 20.3. The molecular weight excluding hydrogens is 378 g/mol. The number of methoxy groups -OCH3 is 2. The van der Waals surface area contributed by atoms with Gasteiger partial charge in [-0.15, -0.1) is 0 Å². The lowest BCUT2D eigenvalue weighted by Gasteiger charge is -2.36. The molecule has 1 amide bonds. The molecule has 1 fully saturated rings. The van der Waals surface area contributed by atoms with E-state index in [1.165, 1.54) is 0 Å². The van der Waals surface area contributed by atoms with Gasteiger partial charge in [0.2, 0.25) is 0 Å². The second-order valence-corrected chi connectivity index (χ2v) is 7.02. The number of nitrogens with one attached hydrogen (secondary N) is 1. The fourth-order valence-electron chi connectivity index (χ4n) is 3.36. The molecule has 2 aromatic carbocycles. The van der Waals surface area contributed by atoms with Crippen LogP contribution in [0.3, 0.4) is 0 Å². The quantitative estimate of drug-likeness (QED) is 0.796. The van der Waals surface area contributed by atoms with E-state index in [0.29, 0.717) is 27.8 Å². The normalized spacial score (nSPS) is 14.6. The lowest BCUT2D eigenvalue weighted by atomic mass is 10.1. The van der Waals surface area contributed by atoms with Crippen LogP contribution in [0, 0.1) is 0 Å². The van der Waals surface area contributed by atoms with Gasteiger partial charge in [-0.25, -0.2) is 0 Å². The van der Waals surface area contributed by atoms with Gasteiger partial charge in [-0.2, -0.15) is 0 Å². The largest absolute Gasteiger partial charge is 0.497 e. The lowest BCUT2D eigenvalue weighted by Crippen LogP contribution is -2.46. The smallest absolute Gasteiger partial charge is 0.255 e. The number of hydrogen-bond acceptors (Lipinski definition) is 5. The van der Waals surface area contributed by atoms with Crippen molar-refractivity contribution in [3.05, 3.63) is 47.0 Å². The minimum absolute atomic E-state index is 0.243. The van der Waals surface area contributed by atoms with Crippen molar-refractivity contribution in [3.8, 4) is 11.5 Å². The predicted molar refractivity (Wildman–Crippen MR) is 113 cm³/mol. The second-order valence-electron chi connectivity index (χ2n) is 6.61. The van der Waals surface area contributed by atoms with Gasteiger partial charge in [0.1, 0.15) is 11.5 Å². The zero-order valence-electron chi connectivity index (χ0n) is 16.5. The molecule has 0 aliphatic carbocycles. The minimum atomic E-state index is -0.243. The van der Waals surface area contributed by atoms with Gasteiger partial charge in [-0.05, 0) is 30.8 Å². The molecule has 0 saturated carbocycles. The highest BCUT2D eigenvalue weighted by atomic mass is 35.5. The highest BCUT2D eigenvalue weighted by Gasteiger charge is 2.22. The Hall–Kier alpha value is -2.44. The Morgan fingerprint density at radius 2 is 1.71 bits per heavy atom. The van der Waals surface area contributed by atoms with Crippen LogP contribution in [0.4, 0.5) is 11.4 Å². The van der Waals surface area contributed by atoms with E-state index in [0.717, 1.165) is 38.4 Å². The third-order valence-electron chi connectivity index (χ3n) is 4.98. The fourth-order valence-corrected chi connectivity index (χ4v) is 3.65. The number of nitrogens with zero attached hydrogens (tertiary/aromatic N) is 2. The van der Waals surface area contributed by atoms with E-state index in [2.05, 4.69) is 22.0 Å². The highest BCUT2D eigenvalue weighted by Crippen LogP contribution is 2.35. The number of ether oxygens (including phenoxy) is 2. The number of carbonyl (C=O) groups is 1. The van der Waals surface area contributed by atoms with Crippen LogP contribution >= 0.6 is 11.6 Å². The summed E-state index contributed by atoms with van der Waals surface area (Å²) in [5, 5.41) is 3.63. The topological polar surface area (TPSA) is 54.0 Å². The molecule has 2 aromatic rings. The van der Waals surface area contributed by atoms with E-state index in [1.807, 2.05) is 18.2 Å². The van der Waals surface area contributed by atoms with Gasteiger partial charge < -0.3 is 24.6 Å². The van der Waals surface area contributed by atoms with Gasteiger partial charge in [0.15, 0.2) is 0 Å². The van der Waals surface area contributed by atoms with Gasteiger partial charge in [-0.1, -0.05) is 24.6 Å².